The molecular formula is C70H136O17P2. The summed E-state index contributed by atoms with van der Waals surface area (Å²) in [6.45, 7) is 9.49. The van der Waals surface area contributed by atoms with Gasteiger partial charge in [-0.1, -0.05) is 305 Å². The highest BCUT2D eigenvalue weighted by molar-refractivity contribution is 7.47. The predicted molar refractivity (Wildman–Crippen MR) is 358 cm³/mol. The quantitative estimate of drug-likeness (QED) is 0.0222. The van der Waals surface area contributed by atoms with Crippen LogP contribution >= 0.6 is 15.6 Å². The van der Waals surface area contributed by atoms with Gasteiger partial charge >= 0.3 is 39.5 Å². The summed E-state index contributed by atoms with van der Waals surface area (Å²) < 4.78 is 68.2. The highest BCUT2D eigenvalue weighted by Gasteiger charge is 2.30. The van der Waals surface area contributed by atoms with Crippen LogP contribution in [0.3, 0.4) is 0 Å². The van der Waals surface area contributed by atoms with Gasteiger partial charge in [-0.05, 0) is 37.5 Å². The first-order valence-electron chi connectivity index (χ1n) is 36.5. The molecule has 0 fully saturated rings. The number of carbonyl (C=O) groups is 4. The Labute approximate surface area is 543 Å². The third-order valence-corrected chi connectivity index (χ3v) is 18.1. The van der Waals surface area contributed by atoms with E-state index in [1.165, 1.54) is 173 Å². The molecule has 0 aliphatic heterocycles. The van der Waals surface area contributed by atoms with Crippen molar-refractivity contribution in [2.24, 2.45) is 11.8 Å². The molecule has 5 atom stereocenters. The second kappa shape index (κ2) is 62.2. The molecule has 0 spiro atoms. The summed E-state index contributed by atoms with van der Waals surface area (Å²) >= 11 is 0. The third kappa shape index (κ3) is 64.6. The Morgan fingerprint density at radius 2 is 0.517 bits per heavy atom. The minimum absolute atomic E-state index is 0.103. The van der Waals surface area contributed by atoms with Crippen LogP contribution in [-0.2, 0) is 65.4 Å². The van der Waals surface area contributed by atoms with Crippen molar-refractivity contribution in [3.05, 3.63) is 0 Å². The number of rotatable bonds is 69. The maximum atomic E-state index is 13.0. The summed E-state index contributed by atoms with van der Waals surface area (Å²) in [4.78, 5) is 72.5. The molecule has 0 aromatic carbocycles. The zero-order valence-electron chi connectivity index (χ0n) is 57.7. The van der Waals surface area contributed by atoms with E-state index in [1.54, 1.807) is 0 Å². The smallest absolute Gasteiger partial charge is 0.462 e. The Morgan fingerprint density at radius 3 is 0.764 bits per heavy atom. The first-order chi connectivity index (χ1) is 42.9. The molecule has 2 unspecified atom stereocenters. The van der Waals surface area contributed by atoms with Crippen LogP contribution < -0.4 is 0 Å². The van der Waals surface area contributed by atoms with Gasteiger partial charge < -0.3 is 33.8 Å². The highest BCUT2D eigenvalue weighted by Crippen LogP contribution is 2.45. The van der Waals surface area contributed by atoms with Crippen LogP contribution in [0.5, 0.6) is 0 Å². The molecule has 89 heavy (non-hydrogen) atoms. The average Bonchev–Trinajstić information content (AvgIpc) is 3.56. The summed E-state index contributed by atoms with van der Waals surface area (Å²) in [5.41, 5.74) is 0. The molecule has 17 nitrogen and oxygen atoms in total. The number of unbranched alkanes of at least 4 members (excludes halogenated alkanes) is 39. The molecule has 0 heterocycles. The molecule has 0 bridgehead atoms. The fraction of sp³-hybridized carbons (Fsp3) is 0.943. The van der Waals surface area contributed by atoms with Crippen molar-refractivity contribution < 1.29 is 80.2 Å². The molecular weight excluding hydrogens is 1170 g/mol. The lowest BCUT2D eigenvalue weighted by molar-refractivity contribution is -0.161. The Hall–Kier alpha value is -1.94. The predicted octanol–water partition coefficient (Wildman–Crippen LogP) is 20.0. The lowest BCUT2D eigenvalue weighted by atomic mass is 10.0. The van der Waals surface area contributed by atoms with Crippen LogP contribution in [0.2, 0.25) is 0 Å². The molecule has 0 amide bonds. The van der Waals surface area contributed by atoms with E-state index >= 15 is 0 Å². The van der Waals surface area contributed by atoms with E-state index in [4.69, 9.17) is 37.0 Å². The second-order valence-corrected chi connectivity index (χ2v) is 29.1. The number of hydrogen-bond acceptors (Lipinski definition) is 15. The van der Waals surface area contributed by atoms with Gasteiger partial charge in [-0.15, -0.1) is 0 Å². The molecule has 0 aromatic rings. The van der Waals surface area contributed by atoms with Gasteiger partial charge in [0.2, 0.25) is 0 Å². The lowest BCUT2D eigenvalue weighted by Gasteiger charge is -2.21. The first kappa shape index (κ1) is 87.1. The van der Waals surface area contributed by atoms with Gasteiger partial charge in [-0.3, -0.25) is 37.3 Å². The van der Waals surface area contributed by atoms with Crippen molar-refractivity contribution in [2.75, 3.05) is 39.6 Å². The summed E-state index contributed by atoms with van der Waals surface area (Å²) in [6.07, 6.45) is 47.2. The Kier molecular flexibility index (Phi) is 60.8. The minimum atomic E-state index is -4.95. The van der Waals surface area contributed by atoms with Gasteiger partial charge in [-0.2, -0.15) is 0 Å². The van der Waals surface area contributed by atoms with E-state index in [2.05, 4.69) is 41.5 Å². The zero-order valence-corrected chi connectivity index (χ0v) is 59.5. The standard InChI is InChI=1S/C70H136O17P2/c1-7-9-11-13-15-17-18-19-22-25-29-35-41-47-53-68(73)81-58-65(86-69(74)54-48-42-36-30-26-23-20-21-24-28-32-38-44-50-62(3)4)60-84-88(76,77)82-56-64(71)57-83-89(78,79)85-61-66(59-80-67(72)52-46-40-34-27-16-14-12-10-8-2)87-70(75)55-49-43-37-31-33-39-45-51-63(5)6/h62-66,71H,7-61H2,1-6H3,(H,76,77)(H,78,79)/t64-,65-,66-/m1/s1. The summed E-state index contributed by atoms with van der Waals surface area (Å²) in [6, 6.07) is 0. The second-order valence-electron chi connectivity index (χ2n) is 26.2. The SMILES string of the molecule is CCCCCCCCCCCCCCCCC(=O)OC[C@H](COP(=O)(O)OC[C@@H](O)COP(=O)(O)OC[C@@H](COC(=O)CCCCCCCCCCC)OC(=O)CCCCCCCCCC(C)C)OC(=O)CCCCCCCCCCCCCCCC(C)C. The van der Waals surface area contributed by atoms with E-state index in [-0.39, 0.29) is 25.7 Å². The molecule has 19 heteroatoms. The van der Waals surface area contributed by atoms with Crippen LogP contribution in [0.1, 0.15) is 356 Å². The molecule has 0 aliphatic rings. The van der Waals surface area contributed by atoms with Crippen molar-refractivity contribution in [3.63, 3.8) is 0 Å². The molecule has 0 radical (unpaired) electrons. The summed E-state index contributed by atoms with van der Waals surface area (Å²) in [5.74, 6) is -0.644. The molecule has 0 saturated carbocycles. The Morgan fingerprint density at radius 1 is 0.303 bits per heavy atom. The highest BCUT2D eigenvalue weighted by atomic mass is 31.2. The minimum Gasteiger partial charge on any atom is -0.462 e. The Bertz CT molecular complexity index is 1730. The number of carbonyl (C=O) groups excluding carboxylic acids is 4. The van der Waals surface area contributed by atoms with Crippen LogP contribution in [0.4, 0.5) is 0 Å². The van der Waals surface area contributed by atoms with Crippen molar-refractivity contribution in [2.45, 2.75) is 374 Å². The number of phosphoric ester groups is 2. The average molecular weight is 1310 g/mol. The number of phosphoric acid groups is 2. The number of ether oxygens (including phenoxy) is 4. The molecule has 528 valence electrons. The molecule has 3 N–H and O–H groups in total. The van der Waals surface area contributed by atoms with Crippen molar-refractivity contribution in [1.29, 1.82) is 0 Å². The summed E-state index contributed by atoms with van der Waals surface area (Å²) in [7, 11) is -9.90. The van der Waals surface area contributed by atoms with Gasteiger partial charge in [0.05, 0.1) is 26.4 Å². The van der Waals surface area contributed by atoms with E-state index in [0.717, 1.165) is 95.8 Å². The van der Waals surface area contributed by atoms with Crippen LogP contribution in [0.15, 0.2) is 0 Å². The fourth-order valence-electron chi connectivity index (χ4n) is 10.6. The van der Waals surface area contributed by atoms with E-state index in [1.807, 2.05) is 0 Å². The normalized spacial score (nSPS) is 14.1. The third-order valence-electron chi connectivity index (χ3n) is 16.2. The van der Waals surface area contributed by atoms with Gasteiger partial charge in [0.25, 0.3) is 0 Å². The Balaban J connectivity index is 5.23. The number of esters is 4. The molecule has 0 saturated heterocycles. The van der Waals surface area contributed by atoms with Crippen molar-refractivity contribution >= 4 is 39.5 Å². The zero-order chi connectivity index (χ0) is 65.7. The fourth-order valence-corrected chi connectivity index (χ4v) is 12.2. The summed E-state index contributed by atoms with van der Waals surface area (Å²) in [5, 5.41) is 10.6. The molecule has 0 aliphatic carbocycles. The monoisotopic (exact) mass is 1310 g/mol. The van der Waals surface area contributed by atoms with Crippen LogP contribution in [0.25, 0.3) is 0 Å². The number of hydrogen-bond donors (Lipinski definition) is 3. The molecule has 0 aromatic heterocycles. The van der Waals surface area contributed by atoms with Crippen molar-refractivity contribution in [3.8, 4) is 0 Å². The lowest BCUT2D eigenvalue weighted by Crippen LogP contribution is -2.30. The maximum absolute atomic E-state index is 13.0. The van der Waals surface area contributed by atoms with E-state index in [9.17, 15) is 43.2 Å². The largest absolute Gasteiger partial charge is 0.472 e. The first-order valence-corrected chi connectivity index (χ1v) is 39.5. The van der Waals surface area contributed by atoms with Crippen molar-refractivity contribution in [1.82, 2.24) is 0 Å². The van der Waals surface area contributed by atoms with Gasteiger partial charge in [0.1, 0.15) is 19.3 Å². The van der Waals surface area contributed by atoms with E-state index < -0.39 is 97.5 Å². The van der Waals surface area contributed by atoms with Gasteiger partial charge in [-0.25, -0.2) is 9.13 Å². The van der Waals surface area contributed by atoms with Crippen LogP contribution in [0, 0.1) is 11.8 Å². The maximum Gasteiger partial charge on any atom is 0.472 e. The topological polar surface area (TPSA) is 237 Å². The van der Waals surface area contributed by atoms with Gasteiger partial charge in [0, 0.05) is 25.7 Å². The van der Waals surface area contributed by atoms with Gasteiger partial charge in [0.15, 0.2) is 12.2 Å². The molecule has 0 rings (SSSR count). The number of aliphatic hydroxyl groups excluding tert-OH is 1. The van der Waals surface area contributed by atoms with Crippen LogP contribution in [-0.4, -0.2) is 96.7 Å². The van der Waals surface area contributed by atoms with E-state index in [0.29, 0.717) is 31.6 Å². The number of aliphatic hydroxyl groups is 1.